The van der Waals surface area contributed by atoms with Crippen molar-refractivity contribution < 1.29 is 8.42 Å². The molecule has 0 radical (unpaired) electrons. The molecule has 0 spiro atoms. The summed E-state index contributed by atoms with van der Waals surface area (Å²) < 4.78 is 28.8. The van der Waals surface area contributed by atoms with Crippen molar-refractivity contribution in [3.05, 3.63) is 60.7 Å². The zero-order valence-electron chi connectivity index (χ0n) is 14.9. The zero-order valence-corrected chi connectivity index (χ0v) is 15.7. The Morgan fingerprint density at radius 3 is 2.36 bits per heavy atom. The summed E-state index contributed by atoms with van der Waals surface area (Å²) in [6, 6.07) is 11.6. The van der Waals surface area contributed by atoms with Crippen LogP contribution in [-0.2, 0) is 10.0 Å². The van der Waals surface area contributed by atoms with E-state index in [1.54, 1.807) is 17.1 Å². The van der Waals surface area contributed by atoms with Crippen molar-refractivity contribution in [3.63, 3.8) is 0 Å². The van der Waals surface area contributed by atoms with E-state index in [1.165, 1.54) is 34.9 Å². The van der Waals surface area contributed by atoms with Crippen LogP contribution in [0.2, 0.25) is 0 Å². The van der Waals surface area contributed by atoms with Crippen LogP contribution in [0.3, 0.4) is 0 Å². The van der Waals surface area contributed by atoms with Gasteiger partial charge >= 0.3 is 0 Å². The second-order valence-electron chi connectivity index (χ2n) is 6.21. The van der Waals surface area contributed by atoms with Crippen LogP contribution in [0, 0.1) is 11.3 Å². The quantitative estimate of drug-likeness (QED) is 0.649. The Bertz CT molecular complexity index is 1100. The summed E-state index contributed by atoms with van der Waals surface area (Å²) in [5, 5.41) is 13.0. The minimum atomic E-state index is -3.59. The Kier molecular flexibility index (Phi) is 4.77. The molecule has 0 aliphatic carbocycles. The lowest BCUT2D eigenvalue weighted by molar-refractivity contribution is 0.383. The van der Waals surface area contributed by atoms with Gasteiger partial charge in [0, 0.05) is 44.6 Å². The molecule has 1 aliphatic rings. The Hall–Kier alpha value is -3.29. The molecule has 0 saturated carbocycles. The van der Waals surface area contributed by atoms with E-state index in [2.05, 4.69) is 15.1 Å². The monoisotopic (exact) mass is 395 g/mol. The van der Waals surface area contributed by atoms with Crippen molar-refractivity contribution in [1.82, 2.24) is 24.1 Å². The van der Waals surface area contributed by atoms with E-state index in [1.807, 2.05) is 23.1 Å². The summed E-state index contributed by atoms with van der Waals surface area (Å²) >= 11 is 0. The van der Waals surface area contributed by atoms with Crippen LogP contribution < -0.4 is 4.90 Å². The van der Waals surface area contributed by atoms with E-state index in [4.69, 9.17) is 5.26 Å². The lowest BCUT2D eigenvalue weighted by Gasteiger charge is -2.34. The molecule has 1 saturated heterocycles. The first-order valence-electron chi connectivity index (χ1n) is 8.65. The maximum atomic E-state index is 12.8. The van der Waals surface area contributed by atoms with Gasteiger partial charge in [-0.1, -0.05) is 0 Å². The Labute approximate surface area is 162 Å². The summed E-state index contributed by atoms with van der Waals surface area (Å²) in [6.45, 7) is 1.74. The summed E-state index contributed by atoms with van der Waals surface area (Å²) in [5.41, 5.74) is 0.431. The maximum Gasteiger partial charge on any atom is 0.243 e. The largest absolute Gasteiger partial charge is 0.354 e. The molecule has 3 heterocycles. The van der Waals surface area contributed by atoms with Gasteiger partial charge in [-0.25, -0.2) is 23.1 Å². The average Bonchev–Trinajstić information content (AvgIpc) is 3.29. The van der Waals surface area contributed by atoms with Crippen molar-refractivity contribution in [3.8, 4) is 11.9 Å². The summed E-state index contributed by atoms with van der Waals surface area (Å²) in [5.74, 6) is 1.39. The summed E-state index contributed by atoms with van der Waals surface area (Å²) in [4.78, 5) is 10.8. The predicted octanol–water partition coefficient (Wildman–Crippen LogP) is 1.04. The molecule has 1 fully saturated rings. The molecule has 4 rings (SSSR count). The first-order chi connectivity index (χ1) is 13.6. The highest BCUT2D eigenvalue weighted by molar-refractivity contribution is 7.89. The van der Waals surface area contributed by atoms with E-state index < -0.39 is 10.0 Å². The normalized spacial score (nSPS) is 15.3. The fourth-order valence-electron chi connectivity index (χ4n) is 3.05. The summed E-state index contributed by atoms with van der Waals surface area (Å²) in [7, 11) is -3.59. The lowest BCUT2D eigenvalue weighted by Crippen LogP contribution is -2.48. The van der Waals surface area contributed by atoms with Crippen LogP contribution in [0.15, 0.2) is 60.0 Å². The van der Waals surface area contributed by atoms with Crippen molar-refractivity contribution in [1.29, 1.82) is 5.26 Å². The van der Waals surface area contributed by atoms with Crippen LogP contribution >= 0.6 is 0 Å². The maximum absolute atomic E-state index is 12.8. The molecular formula is C18H17N7O2S. The average molecular weight is 395 g/mol. The van der Waals surface area contributed by atoms with Crippen LogP contribution in [0.25, 0.3) is 5.82 Å². The van der Waals surface area contributed by atoms with E-state index in [0.29, 0.717) is 37.6 Å². The fourth-order valence-corrected chi connectivity index (χ4v) is 4.47. The molecule has 10 heteroatoms. The second-order valence-corrected chi connectivity index (χ2v) is 8.15. The summed E-state index contributed by atoms with van der Waals surface area (Å²) in [6.07, 6.45) is 4.95. The van der Waals surface area contributed by atoms with Crippen LogP contribution in [0.4, 0.5) is 5.82 Å². The highest BCUT2D eigenvalue weighted by Gasteiger charge is 2.29. The van der Waals surface area contributed by atoms with Crippen molar-refractivity contribution in [2.75, 3.05) is 31.1 Å². The molecule has 0 bridgehead atoms. The third kappa shape index (κ3) is 3.45. The number of rotatable bonds is 4. The highest BCUT2D eigenvalue weighted by atomic mass is 32.2. The van der Waals surface area contributed by atoms with Crippen molar-refractivity contribution >= 4 is 15.8 Å². The van der Waals surface area contributed by atoms with Gasteiger partial charge in [-0.05, 0) is 30.3 Å². The van der Waals surface area contributed by atoms with E-state index >= 15 is 0 Å². The molecule has 142 valence electrons. The van der Waals surface area contributed by atoms with E-state index in [-0.39, 0.29) is 4.90 Å². The smallest absolute Gasteiger partial charge is 0.243 e. The van der Waals surface area contributed by atoms with Crippen molar-refractivity contribution in [2.24, 2.45) is 0 Å². The Morgan fingerprint density at radius 2 is 1.71 bits per heavy atom. The molecule has 3 aromatic rings. The SMILES string of the molecule is N#Cc1ccc(S(=O)(=O)N2CCN(c3cc(-n4cccn4)ncn3)CC2)cc1. The van der Waals surface area contributed by atoms with Gasteiger partial charge in [0.25, 0.3) is 0 Å². The lowest BCUT2D eigenvalue weighted by atomic mass is 10.2. The van der Waals surface area contributed by atoms with Gasteiger partial charge in [-0.15, -0.1) is 0 Å². The molecular weight excluding hydrogens is 378 g/mol. The third-order valence-electron chi connectivity index (χ3n) is 4.56. The Morgan fingerprint density at radius 1 is 1.00 bits per heavy atom. The van der Waals surface area contributed by atoms with Gasteiger partial charge in [0.15, 0.2) is 5.82 Å². The molecule has 0 unspecified atom stereocenters. The molecule has 1 aliphatic heterocycles. The van der Waals surface area contributed by atoms with Gasteiger partial charge < -0.3 is 4.90 Å². The number of anilines is 1. The minimum Gasteiger partial charge on any atom is -0.354 e. The molecule has 28 heavy (non-hydrogen) atoms. The number of sulfonamides is 1. The first-order valence-corrected chi connectivity index (χ1v) is 10.1. The standard InChI is InChI=1S/C18H17N7O2S/c19-13-15-2-4-16(5-3-15)28(26,27)24-10-8-23(9-11-24)17-12-18(21-14-20-17)25-7-1-6-22-25/h1-7,12,14H,8-11H2. The van der Waals surface area contributed by atoms with Gasteiger partial charge in [0.2, 0.25) is 10.0 Å². The number of hydrogen-bond acceptors (Lipinski definition) is 7. The fraction of sp³-hybridized carbons (Fsp3) is 0.222. The Balaban J connectivity index is 1.47. The molecule has 9 nitrogen and oxygen atoms in total. The van der Waals surface area contributed by atoms with Crippen molar-refractivity contribution in [2.45, 2.75) is 4.90 Å². The predicted molar refractivity (Wildman–Crippen MR) is 101 cm³/mol. The van der Waals surface area contributed by atoms with E-state index in [0.717, 1.165) is 5.82 Å². The molecule has 1 aromatic carbocycles. The van der Waals surface area contributed by atoms with Crippen LogP contribution in [-0.4, -0.2) is 58.7 Å². The number of hydrogen-bond donors (Lipinski definition) is 0. The molecule has 0 atom stereocenters. The number of nitrogens with zero attached hydrogens (tertiary/aromatic N) is 7. The topological polar surface area (TPSA) is 108 Å². The molecule has 0 N–H and O–H groups in total. The molecule has 0 amide bonds. The number of benzene rings is 1. The van der Waals surface area contributed by atoms with Gasteiger partial charge in [0.05, 0.1) is 16.5 Å². The van der Waals surface area contributed by atoms with E-state index in [9.17, 15) is 8.42 Å². The van der Waals surface area contributed by atoms with Gasteiger partial charge in [-0.3, -0.25) is 0 Å². The number of piperazine rings is 1. The van der Waals surface area contributed by atoms with Gasteiger partial charge in [-0.2, -0.15) is 14.7 Å². The molecule has 2 aromatic heterocycles. The number of aromatic nitrogens is 4. The first kappa shape index (κ1) is 18.1. The second kappa shape index (κ2) is 7.38. The number of nitriles is 1. The van der Waals surface area contributed by atoms with Gasteiger partial charge in [0.1, 0.15) is 12.1 Å². The van der Waals surface area contributed by atoms with Crippen LogP contribution in [0.1, 0.15) is 5.56 Å². The van der Waals surface area contributed by atoms with Crippen LogP contribution in [0.5, 0.6) is 0 Å². The minimum absolute atomic E-state index is 0.197. The highest BCUT2D eigenvalue weighted by Crippen LogP contribution is 2.21. The zero-order chi connectivity index (χ0) is 19.6. The third-order valence-corrected chi connectivity index (χ3v) is 6.47.